The fraction of sp³-hybridized carbons (Fsp3) is 0.300. The van der Waals surface area contributed by atoms with Crippen LogP contribution in [0.1, 0.15) is 13.8 Å². The van der Waals surface area contributed by atoms with Crippen molar-refractivity contribution in [2.45, 2.75) is 20.0 Å². The summed E-state index contributed by atoms with van der Waals surface area (Å²) < 4.78 is 0. The van der Waals surface area contributed by atoms with E-state index in [2.05, 4.69) is 10.8 Å². The van der Waals surface area contributed by atoms with E-state index in [-0.39, 0.29) is 17.5 Å². The zero-order chi connectivity index (χ0) is 12.8. The lowest BCUT2D eigenvalue weighted by atomic mass is 10.3. The van der Waals surface area contributed by atoms with Crippen LogP contribution in [0.4, 0.5) is 16.2 Å². The molecule has 0 fully saturated rings. The molecule has 0 atom stereocenters. The van der Waals surface area contributed by atoms with Gasteiger partial charge in [0.05, 0.1) is 11.0 Å². The Balaban J connectivity index is 2.68. The maximum atomic E-state index is 11.3. The number of nitrogens with zero attached hydrogens (tertiary/aromatic N) is 1. The molecule has 7 nitrogen and oxygen atoms in total. The van der Waals surface area contributed by atoms with E-state index in [1.54, 1.807) is 19.9 Å². The van der Waals surface area contributed by atoms with Gasteiger partial charge in [0.1, 0.15) is 5.69 Å². The topological polar surface area (TPSA) is 93.5 Å². The zero-order valence-corrected chi connectivity index (χ0v) is 9.47. The number of nitro groups is 1. The monoisotopic (exact) mass is 239 g/mol. The Morgan fingerprint density at radius 2 is 2.06 bits per heavy atom. The third-order valence-electron chi connectivity index (χ3n) is 1.74. The molecule has 0 heterocycles. The van der Waals surface area contributed by atoms with Crippen molar-refractivity contribution in [2.75, 3.05) is 5.32 Å². The summed E-state index contributed by atoms with van der Waals surface area (Å²) in [5.74, 6) is 0. The number of hydrogen-bond acceptors (Lipinski definition) is 4. The normalized spacial score (nSPS) is 10.1. The molecule has 1 aromatic carbocycles. The molecule has 0 saturated heterocycles. The predicted molar refractivity (Wildman–Crippen MR) is 61.5 cm³/mol. The summed E-state index contributed by atoms with van der Waals surface area (Å²) in [5, 5.41) is 13.0. The van der Waals surface area contributed by atoms with Gasteiger partial charge in [-0.2, -0.15) is 0 Å². The number of rotatable bonds is 4. The lowest BCUT2D eigenvalue weighted by Gasteiger charge is -2.09. The van der Waals surface area contributed by atoms with E-state index < -0.39 is 11.0 Å². The number of benzene rings is 1. The molecule has 7 heteroatoms. The Kier molecular flexibility index (Phi) is 4.41. The zero-order valence-electron chi connectivity index (χ0n) is 9.47. The maximum Gasteiger partial charge on any atom is 0.343 e. The number of carbonyl (C=O) groups is 1. The van der Waals surface area contributed by atoms with Gasteiger partial charge >= 0.3 is 6.03 Å². The van der Waals surface area contributed by atoms with E-state index in [4.69, 9.17) is 4.84 Å². The van der Waals surface area contributed by atoms with Crippen molar-refractivity contribution in [1.82, 2.24) is 5.48 Å². The van der Waals surface area contributed by atoms with Gasteiger partial charge in [-0.15, -0.1) is 0 Å². The van der Waals surface area contributed by atoms with Crippen LogP contribution in [0.15, 0.2) is 24.3 Å². The summed E-state index contributed by atoms with van der Waals surface area (Å²) in [7, 11) is 0. The highest BCUT2D eigenvalue weighted by Gasteiger charge is 2.14. The molecule has 17 heavy (non-hydrogen) atoms. The Labute approximate surface area is 97.9 Å². The minimum atomic E-state index is -0.659. The van der Waals surface area contributed by atoms with Crippen LogP contribution in [0.25, 0.3) is 0 Å². The van der Waals surface area contributed by atoms with Gasteiger partial charge in [0.2, 0.25) is 0 Å². The van der Waals surface area contributed by atoms with Gasteiger partial charge in [-0.05, 0) is 19.9 Å². The van der Waals surface area contributed by atoms with Crippen molar-refractivity contribution in [3.05, 3.63) is 34.4 Å². The molecule has 2 amide bonds. The van der Waals surface area contributed by atoms with Gasteiger partial charge in [0.25, 0.3) is 5.69 Å². The number of para-hydroxylation sites is 2. The number of urea groups is 1. The predicted octanol–water partition coefficient (Wildman–Crippen LogP) is 2.06. The highest BCUT2D eigenvalue weighted by molar-refractivity contribution is 5.91. The third-order valence-corrected chi connectivity index (χ3v) is 1.74. The quantitative estimate of drug-likeness (QED) is 0.621. The van der Waals surface area contributed by atoms with Crippen LogP contribution in [-0.2, 0) is 4.84 Å². The number of hydrogen-bond donors (Lipinski definition) is 2. The smallest absolute Gasteiger partial charge is 0.300 e. The van der Waals surface area contributed by atoms with Gasteiger partial charge in [0.15, 0.2) is 0 Å². The summed E-state index contributed by atoms with van der Waals surface area (Å²) in [4.78, 5) is 26.3. The fourth-order valence-corrected chi connectivity index (χ4v) is 1.06. The van der Waals surface area contributed by atoms with Crippen molar-refractivity contribution in [3.63, 3.8) is 0 Å². The summed E-state index contributed by atoms with van der Waals surface area (Å²) in [6, 6.07) is 5.19. The number of nitro benzene ring substituents is 1. The van der Waals surface area contributed by atoms with Crippen LogP contribution in [0.5, 0.6) is 0 Å². The molecule has 1 aromatic rings. The van der Waals surface area contributed by atoms with Crippen molar-refractivity contribution < 1.29 is 14.6 Å². The van der Waals surface area contributed by atoms with Gasteiger partial charge < -0.3 is 5.32 Å². The van der Waals surface area contributed by atoms with E-state index in [1.807, 2.05) is 0 Å². The number of hydroxylamine groups is 1. The van der Waals surface area contributed by atoms with Crippen molar-refractivity contribution in [1.29, 1.82) is 0 Å². The largest absolute Gasteiger partial charge is 0.343 e. The average molecular weight is 239 g/mol. The number of anilines is 1. The van der Waals surface area contributed by atoms with Crippen molar-refractivity contribution in [2.24, 2.45) is 0 Å². The summed E-state index contributed by atoms with van der Waals surface area (Å²) in [5.41, 5.74) is 2.06. The second-order valence-corrected chi connectivity index (χ2v) is 3.50. The van der Waals surface area contributed by atoms with E-state index in [0.717, 1.165) is 0 Å². The minimum absolute atomic E-state index is 0.113. The number of amides is 2. The first-order chi connectivity index (χ1) is 8.00. The first-order valence-corrected chi connectivity index (χ1v) is 4.96. The molecule has 0 spiro atoms. The molecule has 0 unspecified atom stereocenters. The SMILES string of the molecule is CC(C)ONC(=O)Nc1ccccc1[N+](=O)[O-]. The van der Waals surface area contributed by atoms with Gasteiger partial charge in [-0.3, -0.25) is 15.0 Å². The van der Waals surface area contributed by atoms with Crippen LogP contribution in [0, 0.1) is 10.1 Å². The van der Waals surface area contributed by atoms with Crippen LogP contribution in [-0.4, -0.2) is 17.1 Å². The molecule has 2 N–H and O–H groups in total. The first kappa shape index (κ1) is 12.9. The van der Waals surface area contributed by atoms with Crippen molar-refractivity contribution in [3.8, 4) is 0 Å². The van der Waals surface area contributed by atoms with Gasteiger partial charge in [0, 0.05) is 6.07 Å². The molecular formula is C10H13N3O4. The first-order valence-electron chi connectivity index (χ1n) is 4.96. The molecule has 0 aliphatic heterocycles. The molecule has 0 aliphatic rings. The third kappa shape index (κ3) is 4.07. The highest BCUT2D eigenvalue weighted by atomic mass is 16.7. The van der Waals surface area contributed by atoms with Crippen molar-refractivity contribution >= 4 is 17.4 Å². The Bertz CT molecular complexity index is 420. The standard InChI is InChI=1S/C10H13N3O4/c1-7(2)17-12-10(14)11-8-5-3-4-6-9(8)13(15)16/h3-7H,1-2H3,(H2,11,12,14). The van der Waals surface area contributed by atoms with Crippen LogP contribution < -0.4 is 10.8 Å². The maximum absolute atomic E-state index is 11.3. The summed E-state index contributed by atoms with van der Waals surface area (Å²) in [6.45, 7) is 3.48. The Morgan fingerprint density at radius 3 is 2.65 bits per heavy atom. The van der Waals surface area contributed by atoms with Crippen LogP contribution in [0.3, 0.4) is 0 Å². The van der Waals surface area contributed by atoms with E-state index >= 15 is 0 Å². The Morgan fingerprint density at radius 1 is 1.41 bits per heavy atom. The summed E-state index contributed by atoms with van der Waals surface area (Å²) >= 11 is 0. The van der Waals surface area contributed by atoms with E-state index in [0.29, 0.717) is 0 Å². The number of carbonyl (C=O) groups excluding carboxylic acids is 1. The molecule has 0 bridgehead atoms. The average Bonchev–Trinajstić information content (AvgIpc) is 2.27. The fourth-order valence-electron chi connectivity index (χ4n) is 1.06. The molecule has 1 rings (SSSR count). The highest BCUT2D eigenvalue weighted by Crippen LogP contribution is 2.22. The second kappa shape index (κ2) is 5.80. The molecular weight excluding hydrogens is 226 g/mol. The Hall–Kier alpha value is -2.15. The second-order valence-electron chi connectivity index (χ2n) is 3.50. The molecule has 0 aliphatic carbocycles. The number of nitrogens with one attached hydrogen (secondary N) is 2. The van der Waals surface area contributed by atoms with E-state index in [9.17, 15) is 14.9 Å². The molecule has 0 aromatic heterocycles. The lowest BCUT2D eigenvalue weighted by molar-refractivity contribution is -0.383. The molecule has 0 radical (unpaired) electrons. The van der Waals surface area contributed by atoms with E-state index in [1.165, 1.54) is 18.2 Å². The minimum Gasteiger partial charge on any atom is -0.300 e. The molecule has 92 valence electrons. The molecule has 0 saturated carbocycles. The summed E-state index contributed by atoms with van der Waals surface area (Å²) in [6.07, 6.45) is -0.175. The van der Waals surface area contributed by atoms with Gasteiger partial charge in [-0.25, -0.2) is 10.3 Å². The van der Waals surface area contributed by atoms with Crippen LogP contribution in [0.2, 0.25) is 0 Å². The lowest BCUT2D eigenvalue weighted by Crippen LogP contribution is -2.31. The van der Waals surface area contributed by atoms with Crippen LogP contribution >= 0.6 is 0 Å². The van der Waals surface area contributed by atoms with Gasteiger partial charge in [-0.1, -0.05) is 12.1 Å².